The third kappa shape index (κ3) is 6.97. The number of nitrogens with zero attached hydrogens (tertiary/aromatic N) is 2. The fraction of sp³-hybridized carbons (Fsp3) is 0. The number of benzene rings is 12. The van der Waals surface area contributed by atoms with Gasteiger partial charge in [0.05, 0.1) is 11.0 Å². The molecule has 0 spiro atoms. The van der Waals surface area contributed by atoms with Crippen molar-refractivity contribution in [1.82, 2.24) is 4.57 Å². The van der Waals surface area contributed by atoms with E-state index in [1.54, 1.807) is 0 Å². The molecule has 3 heteroatoms. The zero-order valence-corrected chi connectivity index (χ0v) is 38.7. The Bertz CT molecular complexity index is 4270. The lowest BCUT2D eigenvalue weighted by molar-refractivity contribution is 0.673. The average molecular weight is 905 g/mol. The molecular weight excluding hydrogens is 861 g/mol. The maximum atomic E-state index is 6.64. The topological polar surface area (TPSA) is 21.3 Å². The minimum Gasteiger partial charge on any atom is -0.455 e. The molecule has 0 fully saturated rings. The van der Waals surface area contributed by atoms with E-state index in [0.717, 1.165) is 77.9 Å². The summed E-state index contributed by atoms with van der Waals surface area (Å²) in [7, 11) is 0. The molecule has 2 aromatic heterocycles. The molecule has 2 heterocycles. The third-order valence-corrected chi connectivity index (χ3v) is 14.4. The van der Waals surface area contributed by atoms with Gasteiger partial charge >= 0.3 is 0 Å². The molecule has 0 atom stereocenters. The number of aromatic nitrogens is 1. The van der Waals surface area contributed by atoms with E-state index in [4.69, 9.17) is 4.42 Å². The summed E-state index contributed by atoms with van der Waals surface area (Å²) in [5.74, 6) is 0. The van der Waals surface area contributed by atoms with E-state index in [-0.39, 0.29) is 0 Å². The number of para-hydroxylation sites is 2. The van der Waals surface area contributed by atoms with Gasteiger partial charge in [0, 0.05) is 49.7 Å². The van der Waals surface area contributed by atoms with E-state index in [9.17, 15) is 0 Å². The van der Waals surface area contributed by atoms with Gasteiger partial charge in [0.2, 0.25) is 0 Å². The number of rotatable bonds is 8. The summed E-state index contributed by atoms with van der Waals surface area (Å²) in [4.78, 5) is 2.36. The molecule has 0 saturated carbocycles. The van der Waals surface area contributed by atoms with Crippen LogP contribution in [0.3, 0.4) is 0 Å². The Labute approximate surface area is 411 Å². The van der Waals surface area contributed by atoms with Gasteiger partial charge in [-0.15, -0.1) is 0 Å². The van der Waals surface area contributed by atoms with Crippen LogP contribution in [-0.4, -0.2) is 4.57 Å². The van der Waals surface area contributed by atoms with Crippen molar-refractivity contribution in [1.29, 1.82) is 0 Å². The van der Waals surface area contributed by atoms with Gasteiger partial charge in [-0.05, 0) is 140 Å². The first-order valence-corrected chi connectivity index (χ1v) is 24.3. The number of hydrogen-bond acceptors (Lipinski definition) is 2. The smallest absolute Gasteiger partial charge is 0.143 e. The fourth-order valence-electron chi connectivity index (χ4n) is 10.9. The normalized spacial score (nSPS) is 11.7. The summed E-state index contributed by atoms with van der Waals surface area (Å²) < 4.78 is 9.02. The molecular formula is C68H44N2O. The van der Waals surface area contributed by atoms with E-state index in [1.165, 1.54) is 54.7 Å². The van der Waals surface area contributed by atoms with Crippen LogP contribution >= 0.6 is 0 Å². The lowest BCUT2D eigenvalue weighted by Crippen LogP contribution is -2.10. The number of hydrogen-bond donors (Lipinski definition) is 0. The second-order valence-electron chi connectivity index (χ2n) is 18.5. The molecule has 0 unspecified atom stereocenters. The first-order valence-electron chi connectivity index (χ1n) is 24.3. The SMILES string of the molecule is c1cc(-c2ccc3c(c2)oc2c4ccccc4ccc32)cc(N(c2ccc(-c3ccc(-c4cccc5ccccc45)cc3)cc2)c2ccc(-c3cccc(-n4c5ccccc5c5ccccc54)c3)cc2)c1. The van der Waals surface area contributed by atoms with E-state index in [2.05, 4.69) is 276 Å². The summed E-state index contributed by atoms with van der Waals surface area (Å²) in [6.45, 7) is 0. The second-order valence-corrected chi connectivity index (χ2v) is 18.5. The van der Waals surface area contributed by atoms with Gasteiger partial charge in [-0.2, -0.15) is 0 Å². The molecule has 0 saturated heterocycles. The van der Waals surface area contributed by atoms with E-state index < -0.39 is 0 Å². The largest absolute Gasteiger partial charge is 0.455 e. The summed E-state index contributed by atoms with van der Waals surface area (Å²) in [5, 5.41) is 9.60. The summed E-state index contributed by atoms with van der Waals surface area (Å²) in [6, 6.07) is 96.6. The van der Waals surface area contributed by atoms with Crippen LogP contribution in [0.25, 0.3) is 115 Å². The highest BCUT2D eigenvalue weighted by Gasteiger charge is 2.18. The first kappa shape index (κ1) is 40.6. The first-order chi connectivity index (χ1) is 35.2. The van der Waals surface area contributed by atoms with E-state index in [0.29, 0.717) is 0 Å². The van der Waals surface area contributed by atoms with Crippen molar-refractivity contribution in [2.75, 3.05) is 4.90 Å². The van der Waals surface area contributed by atoms with Gasteiger partial charge in [-0.25, -0.2) is 0 Å². The van der Waals surface area contributed by atoms with Crippen molar-refractivity contribution in [3.05, 3.63) is 267 Å². The van der Waals surface area contributed by atoms with Crippen LogP contribution in [0.1, 0.15) is 0 Å². The second kappa shape index (κ2) is 16.7. The van der Waals surface area contributed by atoms with Crippen molar-refractivity contribution in [2.24, 2.45) is 0 Å². The van der Waals surface area contributed by atoms with Gasteiger partial charge in [0.1, 0.15) is 11.2 Å². The summed E-state index contributed by atoms with van der Waals surface area (Å²) in [5.41, 5.74) is 17.9. The van der Waals surface area contributed by atoms with Gasteiger partial charge in [-0.3, -0.25) is 0 Å². The van der Waals surface area contributed by atoms with Gasteiger partial charge in [0.15, 0.2) is 0 Å². The van der Waals surface area contributed by atoms with E-state index >= 15 is 0 Å². The predicted octanol–water partition coefficient (Wildman–Crippen LogP) is 19.1. The molecule has 332 valence electrons. The Balaban J connectivity index is 0.835. The molecule has 0 aliphatic rings. The standard InChI is InChI=1S/C68H44N2O/c1-3-19-58-48(12-1)14-11-23-59(58)50-28-26-45(27-29-50)46-30-36-54(37-31-46)69(56-17-10-16-52(43-56)53-35-40-63-64-41-34-49-13-2-4-20-60(49)68(64)71-67(63)44-53)55-38-32-47(33-39-55)51-15-9-18-57(42-51)70-65-24-7-5-21-61(65)62-22-6-8-25-66(62)70/h1-44H. The van der Waals surface area contributed by atoms with Crippen LogP contribution in [0.5, 0.6) is 0 Å². The van der Waals surface area contributed by atoms with Crippen LogP contribution in [0, 0.1) is 0 Å². The Morgan fingerprint density at radius 2 is 0.775 bits per heavy atom. The van der Waals surface area contributed by atoms with Gasteiger partial charge < -0.3 is 13.9 Å². The van der Waals surface area contributed by atoms with Crippen LogP contribution in [0.15, 0.2) is 271 Å². The van der Waals surface area contributed by atoms with Crippen LogP contribution in [0.2, 0.25) is 0 Å². The highest BCUT2D eigenvalue weighted by Crippen LogP contribution is 2.41. The maximum absolute atomic E-state index is 6.64. The molecule has 0 N–H and O–H groups in total. The van der Waals surface area contributed by atoms with Crippen molar-refractivity contribution in [3.8, 4) is 50.2 Å². The fourth-order valence-corrected chi connectivity index (χ4v) is 10.9. The summed E-state index contributed by atoms with van der Waals surface area (Å²) in [6.07, 6.45) is 0. The quantitative estimate of drug-likeness (QED) is 0.151. The minimum atomic E-state index is 0.884. The monoisotopic (exact) mass is 904 g/mol. The average Bonchev–Trinajstić information content (AvgIpc) is 4.00. The van der Waals surface area contributed by atoms with E-state index in [1.807, 2.05) is 0 Å². The lowest BCUT2D eigenvalue weighted by atomic mass is 9.96. The predicted molar refractivity (Wildman–Crippen MR) is 299 cm³/mol. The molecule has 0 aliphatic carbocycles. The molecule has 0 bridgehead atoms. The van der Waals surface area contributed by atoms with Crippen LogP contribution in [-0.2, 0) is 0 Å². The molecule has 14 rings (SSSR count). The van der Waals surface area contributed by atoms with Crippen LogP contribution < -0.4 is 4.90 Å². The summed E-state index contributed by atoms with van der Waals surface area (Å²) >= 11 is 0. The number of anilines is 3. The highest BCUT2D eigenvalue weighted by molar-refractivity contribution is 6.15. The molecule has 71 heavy (non-hydrogen) atoms. The van der Waals surface area contributed by atoms with Crippen molar-refractivity contribution in [2.45, 2.75) is 0 Å². The lowest BCUT2D eigenvalue weighted by Gasteiger charge is -2.26. The molecule has 12 aromatic carbocycles. The Kier molecular flexibility index (Phi) is 9.53. The highest BCUT2D eigenvalue weighted by atomic mass is 16.3. The minimum absolute atomic E-state index is 0.884. The van der Waals surface area contributed by atoms with Crippen molar-refractivity contribution in [3.63, 3.8) is 0 Å². The zero-order chi connectivity index (χ0) is 46.8. The Morgan fingerprint density at radius 3 is 1.48 bits per heavy atom. The molecule has 3 nitrogen and oxygen atoms in total. The van der Waals surface area contributed by atoms with Crippen molar-refractivity contribution >= 4 is 82.4 Å². The van der Waals surface area contributed by atoms with Gasteiger partial charge in [0.25, 0.3) is 0 Å². The number of furan rings is 1. The Hall–Kier alpha value is -9.44. The molecule has 14 aromatic rings. The zero-order valence-electron chi connectivity index (χ0n) is 38.7. The number of fused-ring (bicyclic) bond motifs is 9. The molecule has 0 aliphatic heterocycles. The molecule has 0 radical (unpaired) electrons. The Morgan fingerprint density at radius 1 is 0.282 bits per heavy atom. The van der Waals surface area contributed by atoms with Crippen molar-refractivity contribution < 1.29 is 4.42 Å². The van der Waals surface area contributed by atoms with Gasteiger partial charge in [-0.1, -0.05) is 188 Å². The maximum Gasteiger partial charge on any atom is 0.143 e. The molecule has 0 amide bonds. The van der Waals surface area contributed by atoms with Crippen LogP contribution in [0.4, 0.5) is 17.1 Å². The third-order valence-electron chi connectivity index (χ3n) is 14.4.